The van der Waals surface area contributed by atoms with Gasteiger partial charge in [-0.1, -0.05) is 18.2 Å². The van der Waals surface area contributed by atoms with Crippen molar-refractivity contribution in [2.24, 2.45) is 0 Å². The number of sulfonamides is 1. The van der Waals surface area contributed by atoms with E-state index < -0.39 is 28.1 Å². The van der Waals surface area contributed by atoms with Gasteiger partial charge in [0.15, 0.2) is 6.10 Å². The van der Waals surface area contributed by atoms with E-state index in [1.54, 1.807) is 12.1 Å². The van der Waals surface area contributed by atoms with Gasteiger partial charge in [0, 0.05) is 6.54 Å². The summed E-state index contributed by atoms with van der Waals surface area (Å²) in [4.78, 5) is 24.0. The van der Waals surface area contributed by atoms with Gasteiger partial charge in [0.25, 0.3) is 10.0 Å². The molecule has 9 heteroatoms. The number of benzene rings is 2. The summed E-state index contributed by atoms with van der Waals surface area (Å²) in [6.07, 6.45) is -0.542. The minimum Gasteiger partial charge on any atom is -0.496 e. The molecule has 1 heterocycles. The Morgan fingerprint density at radius 3 is 2.52 bits per heavy atom. The van der Waals surface area contributed by atoms with Gasteiger partial charge in [-0.05, 0) is 43.2 Å². The molecular weight excluding hydrogens is 398 g/mol. The van der Waals surface area contributed by atoms with Crippen molar-refractivity contribution in [3.8, 4) is 5.75 Å². The van der Waals surface area contributed by atoms with Crippen molar-refractivity contribution in [1.29, 1.82) is 0 Å². The zero-order chi connectivity index (χ0) is 21.2. The van der Waals surface area contributed by atoms with Gasteiger partial charge in [0.1, 0.15) is 11.3 Å². The molecule has 29 heavy (non-hydrogen) atoms. The quantitative estimate of drug-likeness (QED) is 0.662. The van der Waals surface area contributed by atoms with Gasteiger partial charge in [0.2, 0.25) is 0 Å². The molecule has 0 saturated carbocycles. The number of anilines is 1. The van der Waals surface area contributed by atoms with Gasteiger partial charge < -0.3 is 14.2 Å². The van der Waals surface area contributed by atoms with Crippen molar-refractivity contribution in [1.82, 2.24) is 0 Å². The number of fused-ring (bicyclic) bond motifs is 1. The molecule has 0 unspecified atom stereocenters. The van der Waals surface area contributed by atoms with E-state index in [1.165, 1.54) is 43.6 Å². The second-order valence-electron chi connectivity index (χ2n) is 6.39. The monoisotopic (exact) mass is 419 g/mol. The summed E-state index contributed by atoms with van der Waals surface area (Å²) in [6.45, 7) is 1.67. The van der Waals surface area contributed by atoms with E-state index in [0.29, 0.717) is 18.7 Å². The fraction of sp³-hybridized carbons (Fsp3) is 0.300. The van der Waals surface area contributed by atoms with Crippen LogP contribution in [0.5, 0.6) is 5.75 Å². The van der Waals surface area contributed by atoms with Gasteiger partial charge in [-0.25, -0.2) is 18.0 Å². The predicted octanol–water partition coefficient (Wildman–Crippen LogP) is 2.16. The zero-order valence-corrected chi connectivity index (χ0v) is 17.1. The number of carbonyl (C=O) groups is 2. The van der Waals surface area contributed by atoms with Crippen LogP contribution in [0, 0.1) is 0 Å². The molecule has 3 rings (SSSR count). The fourth-order valence-electron chi connectivity index (χ4n) is 3.13. The van der Waals surface area contributed by atoms with Crippen molar-refractivity contribution >= 4 is 27.6 Å². The van der Waals surface area contributed by atoms with Crippen LogP contribution in [-0.2, 0) is 30.7 Å². The molecule has 0 amide bonds. The second kappa shape index (κ2) is 8.12. The third kappa shape index (κ3) is 3.91. The molecule has 2 aromatic rings. The molecule has 0 bridgehead atoms. The summed E-state index contributed by atoms with van der Waals surface area (Å²) >= 11 is 0. The van der Waals surface area contributed by atoms with Crippen molar-refractivity contribution in [2.45, 2.75) is 24.3 Å². The highest BCUT2D eigenvalue weighted by molar-refractivity contribution is 7.92. The van der Waals surface area contributed by atoms with Crippen LogP contribution in [0.1, 0.15) is 22.8 Å². The Morgan fingerprint density at radius 1 is 1.10 bits per heavy atom. The Morgan fingerprint density at radius 2 is 1.83 bits per heavy atom. The Labute approximate surface area is 169 Å². The zero-order valence-electron chi connectivity index (χ0n) is 16.2. The van der Waals surface area contributed by atoms with E-state index in [0.717, 1.165) is 5.56 Å². The van der Waals surface area contributed by atoms with Gasteiger partial charge in [0.05, 0.1) is 24.8 Å². The summed E-state index contributed by atoms with van der Waals surface area (Å²) in [6, 6.07) is 11.2. The molecule has 154 valence electrons. The van der Waals surface area contributed by atoms with Crippen molar-refractivity contribution < 1.29 is 32.2 Å². The van der Waals surface area contributed by atoms with Crippen LogP contribution in [0.4, 0.5) is 5.69 Å². The minimum atomic E-state index is -3.90. The normalized spacial score (nSPS) is 14.1. The molecule has 0 saturated heterocycles. The molecule has 8 nitrogen and oxygen atoms in total. The first-order valence-corrected chi connectivity index (χ1v) is 10.3. The number of ether oxygens (including phenoxy) is 3. The summed E-state index contributed by atoms with van der Waals surface area (Å²) in [5.74, 6) is -1.48. The first-order chi connectivity index (χ1) is 13.8. The lowest BCUT2D eigenvalue weighted by molar-refractivity contribution is -0.149. The van der Waals surface area contributed by atoms with Crippen LogP contribution < -0.4 is 9.04 Å². The molecule has 0 spiro atoms. The van der Waals surface area contributed by atoms with Gasteiger partial charge in [-0.2, -0.15) is 0 Å². The first kappa shape index (κ1) is 20.7. The third-order valence-corrected chi connectivity index (χ3v) is 6.45. The lowest BCUT2D eigenvalue weighted by atomic mass is 10.2. The Balaban J connectivity index is 1.96. The van der Waals surface area contributed by atoms with Crippen LogP contribution in [0.15, 0.2) is 47.4 Å². The second-order valence-corrected chi connectivity index (χ2v) is 8.25. The van der Waals surface area contributed by atoms with E-state index in [9.17, 15) is 18.0 Å². The van der Waals surface area contributed by atoms with Crippen molar-refractivity contribution in [3.05, 3.63) is 53.6 Å². The number of hydrogen-bond acceptors (Lipinski definition) is 7. The maximum Gasteiger partial charge on any atom is 0.346 e. The molecule has 1 aliphatic rings. The number of methoxy groups -OCH3 is 2. The number of nitrogens with zero attached hydrogens (tertiary/aromatic N) is 1. The van der Waals surface area contributed by atoms with E-state index in [2.05, 4.69) is 4.74 Å². The Bertz CT molecular complexity index is 1050. The summed E-state index contributed by atoms with van der Waals surface area (Å²) in [5, 5.41) is 0. The maximum absolute atomic E-state index is 13.2. The Hall–Kier alpha value is -3.07. The van der Waals surface area contributed by atoms with E-state index >= 15 is 0 Å². The highest BCUT2D eigenvalue weighted by atomic mass is 32.2. The summed E-state index contributed by atoms with van der Waals surface area (Å²) in [7, 11) is -1.38. The lowest BCUT2D eigenvalue weighted by Gasteiger charge is -2.20. The molecule has 0 aliphatic carbocycles. The average Bonchev–Trinajstić information content (AvgIpc) is 3.17. The molecule has 0 fully saturated rings. The minimum absolute atomic E-state index is 0.0762. The van der Waals surface area contributed by atoms with Crippen LogP contribution in [0.3, 0.4) is 0 Å². The summed E-state index contributed by atoms with van der Waals surface area (Å²) in [5.41, 5.74) is 1.46. The standard InChI is InChI=1S/C20H21NO7S/c1-13(19(22)27-3)28-20(23)16-12-15(8-9-18(16)26-2)29(24,25)21-11-10-14-6-4-5-7-17(14)21/h4-9,12-13H,10-11H2,1-3H3/t13-/m0/s1. The van der Waals surface area contributed by atoms with E-state index in [-0.39, 0.29) is 16.2 Å². The first-order valence-electron chi connectivity index (χ1n) is 8.87. The number of esters is 2. The van der Waals surface area contributed by atoms with Gasteiger partial charge in [-0.3, -0.25) is 4.31 Å². The highest BCUT2D eigenvalue weighted by Crippen LogP contribution is 2.34. The topological polar surface area (TPSA) is 99.2 Å². The van der Waals surface area contributed by atoms with Gasteiger partial charge >= 0.3 is 11.9 Å². The van der Waals surface area contributed by atoms with Crippen LogP contribution in [-0.4, -0.2) is 47.2 Å². The molecule has 0 radical (unpaired) electrons. The SMILES string of the molecule is COC(=O)[C@H](C)OC(=O)c1cc(S(=O)(=O)N2CCc3ccccc32)ccc1OC. The van der Waals surface area contributed by atoms with Crippen molar-refractivity contribution in [2.75, 3.05) is 25.1 Å². The molecule has 2 aromatic carbocycles. The third-order valence-electron chi connectivity index (χ3n) is 4.64. The average molecular weight is 419 g/mol. The number of rotatable bonds is 6. The lowest BCUT2D eigenvalue weighted by Crippen LogP contribution is -2.29. The van der Waals surface area contributed by atoms with Crippen LogP contribution >= 0.6 is 0 Å². The maximum atomic E-state index is 13.2. The molecule has 0 aromatic heterocycles. The van der Waals surface area contributed by atoms with Crippen LogP contribution in [0.2, 0.25) is 0 Å². The molecule has 0 N–H and O–H groups in total. The predicted molar refractivity (Wildman–Crippen MR) is 105 cm³/mol. The largest absolute Gasteiger partial charge is 0.496 e. The van der Waals surface area contributed by atoms with Crippen molar-refractivity contribution in [3.63, 3.8) is 0 Å². The smallest absolute Gasteiger partial charge is 0.346 e. The summed E-state index contributed by atoms with van der Waals surface area (Å²) < 4.78 is 42.5. The fourth-order valence-corrected chi connectivity index (χ4v) is 4.66. The number of para-hydroxylation sites is 1. The number of hydrogen-bond donors (Lipinski definition) is 0. The van der Waals surface area contributed by atoms with E-state index in [4.69, 9.17) is 9.47 Å². The number of carbonyl (C=O) groups excluding carboxylic acids is 2. The molecular formula is C20H21NO7S. The van der Waals surface area contributed by atoms with E-state index in [1.807, 2.05) is 12.1 Å². The Kier molecular flexibility index (Phi) is 5.78. The molecule has 1 atom stereocenters. The van der Waals surface area contributed by atoms with Gasteiger partial charge in [-0.15, -0.1) is 0 Å². The van der Waals surface area contributed by atoms with Crippen LogP contribution in [0.25, 0.3) is 0 Å². The molecule has 1 aliphatic heterocycles. The highest BCUT2D eigenvalue weighted by Gasteiger charge is 2.32.